The maximum atomic E-state index is 11.7. The Balaban J connectivity index is 2.11. The van der Waals surface area contributed by atoms with Crippen molar-refractivity contribution in [2.45, 2.75) is 19.9 Å². The predicted molar refractivity (Wildman–Crippen MR) is 99.6 cm³/mol. The van der Waals surface area contributed by atoms with Crippen LogP contribution in [0.1, 0.15) is 30.2 Å². The summed E-state index contributed by atoms with van der Waals surface area (Å²) >= 11 is 2.36. The van der Waals surface area contributed by atoms with E-state index >= 15 is 0 Å². The summed E-state index contributed by atoms with van der Waals surface area (Å²) in [6.45, 7) is 4.34. The van der Waals surface area contributed by atoms with Crippen molar-refractivity contribution in [3.05, 3.63) is 51.9 Å². The van der Waals surface area contributed by atoms with Gasteiger partial charge in [0.1, 0.15) is 0 Å². The Labute approximate surface area is 148 Å². The minimum Gasteiger partial charge on any atom is -0.465 e. The number of halogens is 1. The summed E-state index contributed by atoms with van der Waals surface area (Å²) in [4.78, 5) is 16.1. The van der Waals surface area contributed by atoms with Crippen LogP contribution in [0.3, 0.4) is 0 Å². The maximum Gasteiger partial charge on any atom is 0.337 e. The highest BCUT2D eigenvalue weighted by Gasteiger charge is 2.12. The van der Waals surface area contributed by atoms with Gasteiger partial charge in [-0.3, -0.25) is 4.98 Å². The smallest absolute Gasteiger partial charge is 0.337 e. The number of rotatable bonds is 3. The highest BCUT2D eigenvalue weighted by molar-refractivity contribution is 14.1. The molecule has 0 radical (unpaired) electrons. The van der Waals surface area contributed by atoms with Gasteiger partial charge in [0.25, 0.3) is 0 Å². The summed E-state index contributed by atoms with van der Waals surface area (Å²) in [6.07, 6.45) is 3.80. The molecule has 3 aromatic rings. The third kappa shape index (κ3) is 2.97. The standard InChI is InChI=1S/C18H17IN2O2/c1-11(2)21-10-15(19)14-8-12(4-5-17(14)21)16-9-13(6-7-20-16)18(22)23-3/h4-11H,1-3H3. The van der Waals surface area contributed by atoms with Crippen LogP contribution in [-0.2, 0) is 4.74 Å². The molecule has 0 amide bonds. The van der Waals surface area contributed by atoms with E-state index in [2.05, 4.69) is 64.3 Å². The van der Waals surface area contributed by atoms with Crippen molar-refractivity contribution < 1.29 is 9.53 Å². The Hall–Kier alpha value is -1.89. The number of nitrogens with zero attached hydrogens (tertiary/aromatic N) is 2. The topological polar surface area (TPSA) is 44.1 Å². The van der Waals surface area contributed by atoms with Gasteiger partial charge in [-0.25, -0.2) is 4.79 Å². The average Bonchev–Trinajstić information content (AvgIpc) is 2.91. The number of esters is 1. The highest BCUT2D eigenvalue weighted by atomic mass is 127. The van der Waals surface area contributed by atoms with Gasteiger partial charge in [-0.15, -0.1) is 0 Å². The van der Waals surface area contributed by atoms with Crippen LogP contribution in [-0.4, -0.2) is 22.6 Å². The first kappa shape index (κ1) is 16.0. The Morgan fingerprint density at radius 1 is 1.26 bits per heavy atom. The van der Waals surface area contributed by atoms with Gasteiger partial charge in [-0.2, -0.15) is 0 Å². The lowest BCUT2D eigenvalue weighted by Gasteiger charge is -2.09. The lowest BCUT2D eigenvalue weighted by atomic mass is 10.1. The molecule has 4 nitrogen and oxygen atoms in total. The fraction of sp³-hybridized carbons (Fsp3) is 0.222. The summed E-state index contributed by atoms with van der Waals surface area (Å²) in [5.74, 6) is -0.352. The van der Waals surface area contributed by atoms with Crippen molar-refractivity contribution in [3.8, 4) is 11.3 Å². The molecule has 1 aromatic carbocycles. The Morgan fingerprint density at radius 2 is 2.04 bits per heavy atom. The van der Waals surface area contributed by atoms with Crippen LogP contribution in [0.25, 0.3) is 22.2 Å². The Kier molecular flexibility index (Phi) is 4.39. The largest absolute Gasteiger partial charge is 0.465 e. The van der Waals surface area contributed by atoms with Crippen LogP contribution in [0.2, 0.25) is 0 Å². The molecule has 3 rings (SSSR count). The number of fused-ring (bicyclic) bond motifs is 1. The Bertz CT molecular complexity index is 884. The summed E-state index contributed by atoms with van der Waals surface area (Å²) in [5, 5.41) is 1.20. The number of carbonyl (C=O) groups is 1. The first-order valence-corrected chi connectivity index (χ1v) is 8.44. The molecule has 0 saturated carbocycles. The van der Waals surface area contributed by atoms with Crippen LogP contribution in [0.5, 0.6) is 0 Å². The molecule has 0 aliphatic heterocycles. The molecular weight excluding hydrogens is 403 g/mol. The minimum absolute atomic E-state index is 0.352. The van der Waals surface area contributed by atoms with Gasteiger partial charge in [0.2, 0.25) is 0 Å². The van der Waals surface area contributed by atoms with Gasteiger partial charge < -0.3 is 9.30 Å². The monoisotopic (exact) mass is 420 g/mol. The minimum atomic E-state index is -0.352. The average molecular weight is 420 g/mol. The molecule has 2 aromatic heterocycles. The molecule has 0 fully saturated rings. The molecule has 5 heteroatoms. The number of ether oxygens (including phenoxy) is 1. The third-order valence-corrected chi connectivity index (χ3v) is 4.68. The summed E-state index contributed by atoms with van der Waals surface area (Å²) in [6, 6.07) is 10.1. The van der Waals surface area contributed by atoms with E-state index in [4.69, 9.17) is 4.74 Å². The van der Waals surface area contributed by atoms with E-state index in [1.54, 1.807) is 18.3 Å². The van der Waals surface area contributed by atoms with E-state index in [0.717, 1.165) is 11.3 Å². The molecule has 0 aliphatic rings. The van der Waals surface area contributed by atoms with Crippen molar-refractivity contribution in [1.29, 1.82) is 0 Å². The first-order valence-electron chi connectivity index (χ1n) is 7.36. The quantitative estimate of drug-likeness (QED) is 0.457. The zero-order chi connectivity index (χ0) is 16.6. The van der Waals surface area contributed by atoms with E-state index in [9.17, 15) is 4.79 Å². The molecule has 118 valence electrons. The molecule has 0 unspecified atom stereocenters. The second kappa shape index (κ2) is 6.31. The zero-order valence-corrected chi connectivity index (χ0v) is 15.4. The van der Waals surface area contributed by atoms with Gasteiger partial charge in [0, 0.05) is 38.5 Å². The SMILES string of the molecule is COC(=O)c1ccnc(-c2ccc3c(c2)c(I)cn3C(C)C)c1. The first-order chi connectivity index (χ1) is 11.0. The van der Waals surface area contributed by atoms with Crippen molar-refractivity contribution in [3.63, 3.8) is 0 Å². The number of pyridine rings is 1. The van der Waals surface area contributed by atoms with Crippen molar-refractivity contribution >= 4 is 39.5 Å². The normalized spacial score (nSPS) is 11.2. The molecule has 0 saturated heterocycles. The number of aromatic nitrogens is 2. The predicted octanol–water partition coefficient (Wildman–Crippen LogP) is 4.68. The molecule has 0 bridgehead atoms. The fourth-order valence-corrected chi connectivity index (χ4v) is 3.37. The van der Waals surface area contributed by atoms with Crippen molar-refractivity contribution in [2.75, 3.05) is 7.11 Å². The fourth-order valence-electron chi connectivity index (χ4n) is 2.63. The maximum absolute atomic E-state index is 11.7. The van der Waals surface area contributed by atoms with Gasteiger partial charge in [0.05, 0.1) is 18.4 Å². The second-order valence-electron chi connectivity index (χ2n) is 5.63. The highest BCUT2D eigenvalue weighted by Crippen LogP contribution is 2.30. The molecule has 0 aliphatic carbocycles. The molecular formula is C18H17IN2O2. The van der Waals surface area contributed by atoms with E-state index in [0.29, 0.717) is 11.6 Å². The summed E-state index contributed by atoms with van der Waals surface area (Å²) in [7, 11) is 1.38. The van der Waals surface area contributed by atoms with Crippen molar-refractivity contribution in [2.24, 2.45) is 0 Å². The lowest BCUT2D eigenvalue weighted by Crippen LogP contribution is -2.01. The van der Waals surface area contributed by atoms with E-state index in [1.165, 1.54) is 21.6 Å². The van der Waals surface area contributed by atoms with E-state index in [1.807, 2.05) is 6.07 Å². The number of benzene rings is 1. The van der Waals surface area contributed by atoms with Gasteiger partial charge in [-0.05, 0) is 60.7 Å². The number of carbonyl (C=O) groups excluding carboxylic acids is 1. The second-order valence-corrected chi connectivity index (χ2v) is 6.79. The molecule has 0 N–H and O–H groups in total. The van der Waals surface area contributed by atoms with Gasteiger partial charge in [0.15, 0.2) is 0 Å². The van der Waals surface area contributed by atoms with Crippen LogP contribution in [0.15, 0.2) is 42.7 Å². The van der Waals surface area contributed by atoms with Gasteiger partial charge in [-0.1, -0.05) is 6.07 Å². The molecule has 0 atom stereocenters. The summed E-state index contributed by atoms with van der Waals surface area (Å²) < 4.78 is 8.24. The number of methoxy groups -OCH3 is 1. The summed E-state index contributed by atoms with van der Waals surface area (Å²) in [5.41, 5.74) is 3.47. The number of hydrogen-bond acceptors (Lipinski definition) is 3. The van der Waals surface area contributed by atoms with Crippen molar-refractivity contribution in [1.82, 2.24) is 9.55 Å². The van der Waals surface area contributed by atoms with Crippen LogP contribution >= 0.6 is 22.6 Å². The zero-order valence-electron chi connectivity index (χ0n) is 13.2. The number of hydrogen-bond donors (Lipinski definition) is 0. The molecule has 0 spiro atoms. The Morgan fingerprint density at radius 3 is 2.74 bits per heavy atom. The van der Waals surface area contributed by atoms with Gasteiger partial charge >= 0.3 is 5.97 Å². The lowest BCUT2D eigenvalue weighted by molar-refractivity contribution is 0.0600. The van der Waals surface area contributed by atoms with E-state index < -0.39 is 0 Å². The third-order valence-electron chi connectivity index (χ3n) is 3.82. The van der Waals surface area contributed by atoms with E-state index in [-0.39, 0.29) is 5.97 Å². The molecule has 2 heterocycles. The molecule has 23 heavy (non-hydrogen) atoms. The van der Waals surface area contributed by atoms with Crippen LogP contribution in [0.4, 0.5) is 0 Å². The van der Waals surface area contributed by atoms with Crippen LogP contribution < -0.4 is 0 Å². The van der Waals surface area contributed by atoms with Crippen LogP contribution in [0, 0.1) is 3.57 Å².